The van der Waals surface area contributed by atoms with Gasteiger partial charge in [-0.3, -0.25) is 9.69 Å². The van der Waals surface area contributed by atoms with E-state index in [4.69, 9.17) is 5.48 Å². The molecule has 4 rings (SSSR count). The molecule has 0 aliphatic carbocycles. The van der Waals surface area contributed by atoms with Crippen molar-refractivity contribution in [2.45, 2.75) is 23.1 Å². The Labute approximate surface area is 182 Å². The molecule has 1 fully saturated rings. The van der Waals surface area contributed by atoms with E-state index in [-0.39, 0.29) is 5.78 Å². The van der Waals surface area contributed by atoms with E-state index in [1.54, 1.807) is 18.7 Å². The maximum Gasteiger partial charge on any atom is 0.159 e. The van der Waals surface area contributed by atoms with Crippen LogP contribution in [-0.4, -0.2) is 73.0 Å². The van der Waals surface area contributed by atoms with Gasteiger partial charge in [0.1, 0.15) is 0 Å². The van der Waals surface area contributed by atoms with Crippen molar-refractivity contribution in [1.29, 1.82) is 0 Å². The van der Waals surface area contributed by atoms with Gasteiger partial charge in [-0.25, -0.2) is 0 Å². The number of anilines is 2. The number of ketones is 1. The van der Waals surface area contributed by atoms with Gasteiger partial charge in [0.25, 0.3) is 0 Å². The van der Waals surface area contributed by atoms with Gasteiger partial charge in [-0.1, -0.05) is 30.0 Å². The molecule has 154 valence electrons. The van der Waals surface area contributed by atoms with Crippen LogP contribution in [0, 0.1) is 0 Å². The summed E-state index contributed by atoms with van der Waals surface area (Å²) in [6.45, 7) is -0.154. The largest absolute Gasteiger partial charge is 0.395 e. The molecule has 0 saturated carbocycles. The quantitative estimate of drug-likeness (QED) is 0.699. The molecule has 0 atom stereocenters. The molecule has 0 radical (unpaired) electrons. The van der Waals surface area contributed by atoms with Crippen molar-refractivity contribution in [3.63, 3.8) is 0 Å². The number of rotatable bonds is 7. The Kier molecular flexibility index (Phi) is 5.10. The number of β-amino-alcohol motifs (C(OH)–C–C–N with tert-alkyl or cyclic N) is 1. The van der Waals surface area contributed by atoms with E-state index in [0.717, 1.165) is 35.8 Å². The van der Waals surface area contributed by atoms with Crippen LogP contribution in [0.5, 0.6) is 0 Å². The van der Waals surface area contributed by atoms with E-state index in [1.165, 1.54) is 9.80 Å². The highest BCUT2D eigenvalue weighted by Gasteiger charge is 2.24. The summed E-state index contributed by atoms with van der Waals surface area (Å²) in [5.41, 5.74) is 2.89. The molecule has 5 nitrogen and oxygen atoms in total. The normalized spacial score (nSPS) is 20.1. The first kappa shape index (κ1) is 15.9. The minimum atomic E-state index is -2.90. The lowest BCUT2D eigenvalue weighted by molar-refractivity contribution is 0.101. The number of para-hydroxylation sites is 1. The van der Waals surface area contributed by atoms with Crippen LogP contribution in [0.25, 0.3) is 0 Å². The highest BCUT2D eigenvalue weighted by molar-refractivity contribution is 7.99. The summed E-state index contributed by atoms with van der Waals surface area (Å²) in [5, 5.41) is 9.54. The van der Waals surface area contributed by atoms with Crippen molar-refractivity contribution >= 4 is 28.9 Å². The van der Waals surface area contributed by atoms with Gasteiger partial charge in [0, 0.05) is 57.3 Å². The number of fused-ring (bicyclic) bond motifs is 2. The number of benzene rings is 2. The van der Waals surface area contributed by atoms with E-state index >= 15 is 0 Å². The van der Waals surface area contributed by atoms with Gasteiger partial charge in [-0.2, -0.15) is 0 Å². The first-order chi connectivity index (χ1) is 15.6. The molecule has 2 aromatic rings. The highest BCUT2D eigenvalue weighted by atomic mass is 32.2. The molecule has 0 bridgehead atoms. The second-order valence-corrected chi connectivity index (χ2v) is 8.45. The van der Waals surface area contributed by atoms with Crippen LogP contribution in [-0.2, 0) is 0 Å². The van der Waals surface area contributed by atoms with E-state index < -0.39 is 13.1 Å². The van der Waals surface area contributed by atoms with E-state index in [0.29, 0.717) is 31.7 Å². The number of hydrogen-bond donors (Lipinski definition) is 1. The smallest absolute Gasteiger partial charge is 0.159 e. The third-order valence-corrected chi connectivity index (χ3v) is 6.60. The lowest BCUT2D eigenvalue weighted by Gasteiger charge is -2.36. The lowest BCUT2D eigenvalue weighted by Crippen LogP contribution is -2.47. The monoisotopic (exact) mass is 415 g/mol. The Hall–Kier alpha value is -1.86. The summed E-state index contributed by atoms with van der Waals surface area (Å²) in [5.74, 6) is 0.0478. The zero-order valence-corrected chi connectivity index (χ0v) is 17.4. The first-order valence-corrected chi connectivity index (χ1v) is 10.8. The number of aliphatic hydroxyl groups is 1. The van der Waals surface area contributed by atoms with Gasteiger partial charge in [-0.05, 0) is 44.2 Å². The third-order valence-electron chi connectivity index (χ3n) is 5.47. The predicted molar refractivity (Wildman–Crippen MR) is 119 cm³/mol. The fraction of sp³-hybridized carbons (Fsp3) is 0.435. The van der Waals surface area contributed by atoms with Crippen LogP contribution in [0.15, 0.2) is 52.3 Å². The number of carbonyl (C=O) groups excluding carboxylic acids is 1. The highest BCUT2D eigenvalue weighted by Crippen LogP contribution is 2.48. The standard InChI is InChI=1S/C23H29N3O2S/c1-18(28)19-7-8-23-21(17-19)26(20-5-2-3-6-22(20)29-23)10-4-9-24-11-13-25(14-12-24)15-16-27/h2-3,5-8,17,27H,4,9-16H2,1H3/i15D2,16D2. The number of hydrogen-bond acceptors (Lipinski definition) is 6. The Balaban J connectivity index is 1.41. The number of piperazine rings is 1. The van der Waals surface area contributed by atoms with E-state index in [9.17, 15) is 9.90 Å². The zero-order valence-electron chi connectivity index (χ0n) is 20.6. The molecule has 0 aromatic heterocycles. The lowest BCUT2D eigenvalue weighted by atomic mass is 10.1. The van der Waals surface area contributed by atoms with Crippen LogP contribution in [0.2, 0.25) is 0 Å². The van der Waals surface area contributed by atoms with E-state index in [2.05, 4.69) is 21.9 Å². The second-order valence-electron chi connectivity index (χ2n) is 7.37. The molecule has 6 heteroatoms. The summed E-state index contributed by atoms with van der Waals surface area (Å²) in [6, 6.07) is 14.2. The maximum absolute atomic E-state index is 12.0. The van der Waals surface area contributed by atoms with Gasteiger partial charge < -0.3 is 14.9 Å². The van der Waals surface area contributed by atoms with E-state index in [1.807, 2.05) is 30.3 Å². The van der Waals surface area contributed by atoms with Crippen LogP contribution < -0.4 is 4.90 Å². The van der Waals surface area contributed by atoms with Crippen LogP contribution >= 0.6 is 11.8 Å². The molecule has 2 aromatic carbocycles. The molecule has 29 heavy (non-hydrogen) atoms. The average Bonchev–Trinajstić information content (AvgIpc) is 2.77. The zero-order chi connectivity index (χ0) is 23.8. The molecule has 1 N–H and O–H groups in total. The molecular weight excluding hydrogens is 382 g/mol. The molecule has 2 aliphatic rings. The summed E-state index contributed by atoms with van der Waals surface area (Å²) in [6.07, 6.45) is 0.885. The summed E-state index contributed by atoms with van der Waals surface area (Å²) < 4.78 is 30.6. The maximum atomic E-state index is 12.0. The second kappa shape index (κ2) is 9.30. The van der Waals surface area contributed by atoms with Gasteiger partial charge in [0.05, 0.1) is 20.7 Å². The van der Waals surface area contributed by atoms with Crippen LogP contribution in [0.3, 0.4) is 0 Å². The topological polar surface area (TPSA) is 47.0 Å². The van der Waals surface area contributed by atoms with Crippen molar-refractivity contribution < 1.29 is 15.4 Å². The third kappa shape index (κ3) is 4.67. The van der Waals surface area contributed by atoms with Crippen molar-refractivity contribution in [1.82, 2.24) is 9.80 Å². The fourth-order valence-corrected chi connectivity index (χ4v) is 4.97. The molecule has 0 spiro atoms. The van der Waals surface area contributed by atoms with Gasteiger partial charge in [0.2, 0.25) is 0 Å². The van der Waals surface area contributed by atoms with Crippen LogP contribution in [0.4, 0.5) is 11.4 Å². The Morgan fingerprint density at radius 3 is 2.52 bits per heavy atom. The summed E-state index contributed by atoms with van der Waals surface area (Å²) in [7, 11) is 0. The SMILES string of the molecule is [2H]C([2H])(O)C([2H])([2H])N1CCN(CCCN2c3ccccc3Sc3ccc(C(C)=O)cc32)CC1. The average molecular weight is 416 g/mol. The molecular formula is C23H29N3O2S. The van der Waals surface area contributed by atoms with Crippen molar-refractivity contribution in [2.24, 2.45) is 0 Å². The van der Waals surface area contributed by atoms with Gasteiger partial charge in [-0.15, -0.1) is 0 Å². The van der Waals surface area contributed by atoms with Crippen molar-refractivity contribution in [3.05, 3.63) is 48.0 Å². The fourth-order valence-electron chi connectivity index (χ4n) is 3.90. The molecule has 1 saturated heterocycles. The molecule has 0 amide bonds. The molecule has 2 heterocycles. The Morgan fingerprint density at radius 2 is 1.76 bits per heavy atom. The molecule has 0 unspecified atom stereocenters. The molecule has 2 aliphatic heterocycles. The van der Waals surface area contributed by atoms with Gasteiger partial charge in [0.15, 0.2) is 5.78 Å². The summed E-state index contributed by atoms with van der Waals surface area (Å²) >= 11 is 1.72. The predicted octanol–water partition coefficient (Wildman–Crippen LogP) is 3.49. The Bertz CT molecular complexity index is 1020. The summed E-state index contributed by atoms with van der Waals surface area (Å²) in [4.78, 5) is 20.2. The first-order valence-electron chi connectivity index (χ1n) is 12.0. The minimum absolute atomic E-state index is 0.0478. The number of nitrogens with zero attached hydrogens (tertiary/aromatic N) is 3. The number of carbonyl (C=O) groups is 1. The van der Waals surface area contributed by atoms with Crippen molar-refractivity contribution in [3.8, 4) is 0 Å². The van der Waals surface area contributed by atoms with Crippen LogP contribution in [0.1, 0.15) is 29.2 Å². The van der Waals surface area contributed by atoms with Gasteiger partial charge >= 0.3 is 0 Å². The number of Topliss-reactive ketones (excluding diaryl/α,β-unsaturated/α-hetero) is 1. The minimum Gasteiger partial charge on any atom is -0.395 e. The Morgan fingerprint density at radius 1 is 1.03 bits per heavy atom. The van der Waals surface area contributed by atoms with Crippen molar-refractivity contribution in [2.75, 3.05) is 57.2 Å².